The lowest BCUT2D eigenvalue weighted by Gasteiger charge is -2.23. The largest absolute Gasteiger partial charge is 0.354 e. The number of hydrogen-bond donors (Lipinski definition) is 0. The highest BCUT2D eigenvalue weighted by Crippen LogP contribution is 2.25. The van der Waals surface area contributed by atoms with Crippen LogP contribution in [0.25, 0.3) is 11.4 Å². The molecule has 0 N–H and O–H groups in total. The minimum absolute atomic E-state index is 0.440. The van der Waals surface area contributed by atoms with Gasteiger partial charge in [0.25, 0.3) is 0 Å². The first kappa shape index (κ1) is 21.9. The van der Waals surface area contributed by atoms with Gasteiger partial charge in [-0.25, -0.2) is 0 Å². The van der Waals surface area contributed by atoms with Crippen LogP contribution in [0.3, 0.4) is 0 Å². The maximum absolute atomic E-state index is 11.4. The zero-order valence-electron chi connectivity index (χ0n) is 18.1. The van der Waals surface area contributed by atoms with Crippen molar-refractivity contribution in [3.8, 4) is 0 Å². The van der Waals surface area contributed by atoms with Crippen LogP contribution < -0.4 is 0 Å². The van der Waals surface area contributed by atoms with E-state index >= 15 is 0 Å². The Balaban J connectivity index is 1.31. The SMILES string of the molecule is O=NC(=C1C=CN(CCCN2C=CC(=C(N=O)c3ccccc3)C=C2)C=C1)c1ccccc1. The summed E-state index contributed by atoms with van der Waals surface area (Å²) in [7, 11) is 0. The smallest absolute Gasteiger partial charge is 0.122 e. The monoisotopic (exact) mass is 436 g/mol. The van der Waals surface area contributed by atoms with Crippen LogP contribution in [0.2, 0.25) is 0 Å². The van der Waals surface area contributed by atoms with E-state index in [4.69, 9.17) is 0 Å². The van der Waals surface area contributed by atoms with Crippen molar-refractivity contribution >= 4 is 11.4 Å². The topological polar surface area (TPSA) is 65.3 Å². The van der Waals surface area contributed by atoms with E-state index in [2.05, 4.69) is 20.2 Å². The minimum Gasteiger partial charge on any atom is -0.354 e. The standard InChI is InChI=1S/C27H24N4O2/c32-28-26(22-8-3-1-4-9-22)24-12-18-30(19-13-24)16-7-17-31-20-14-25(15-21-31)27(29-33)23-10-5-2-6-11-23/h1-6,8-15,18-21H,7,16-17H2. The third-order valence-corrected chi connectivity index (χ3v) is 5.44. The van der Waals surface area contributed by atoms with E-state index in [0.29, 0.717) is 11.4 Å². The summed E-state index contributed by atoms with van der Waals surface area (Å²) in [6.45, 7) is 1.67. The quantitative estimate of drug-likeness (QED) is 0.448. The van der Waals surface area contributed by atoms with Crippen molar-refractivity contribution < 1.29 is 0 Å². The first-order valence-corrected chi connectivity index (χ1v) is 10.8. The summed E-state index contributed by atoms with van der Waals surface area (Å²) in [6, 6.07) is 18.9. The number of nitroso groups, excluding NO2 is 2. The molecule has 0 aromatic heterocycles. The maximum atomic E-state index is 11.4. The normalized spacial score (nSPS) is 14.5. The first-order chi connectivity index (χ1) is 16.3. The summed E-state index contributed by atoms with van der Waals surface area (Å²) in [5.74, 6) is 0. The molecule has 0 atom stereocenters. The molecule has 0 saturated carbocycles. The van der Waals surface area contributed by atoms with Gasteiger partial charge in [-0.2, -0.15) is 0 Å². The van der Waals surface area contributed by atoms with Gasteiger partial charge >= 0.3 is 0 Å². The average molecular weight is 437 g/mol. The molecule has 0 aliphatic carbocycles. The molecule has 0 spiro atoms. The van der Waals surface area contributed by atoms with Crippen LogP contribution in [0.5, 0.6) is 0 Å². The van der Waals surface area contributed by atoms with E-state index < -0.39 is 0 Å². The summed E-state index contributed by atoms with van der Waals surface area (Å²) in [5, 5.41) is 6.46. The Labute approximate surface area is 193 Å². The Kier molecular flexibility index (Phi) is 7.18. The molecule has 6 nitrogen and oxygen atoms in total. The van der Waals surface area contributed by atoms with Gasteiger partial charge in [0, 0.05) is 60.2 Å². The molecule has 6 heteroatoms. The maximum Gasteiger partial charge on any atom is 0.122 e. The molecule has 164 valence electrons. The van der Waals surface area contributed by atoms with Crippen molar-refractivity contribution in [2.24, 2.45) is 10.4 Å². The highest BCUT2D eigenvalue weighted by molar-refractivity contribution is 5.73. The zero-order chi connectivity index (χ0) is 22.9. The highest BCUT2D eigenvalue weighted by Gasteiger charge is 2.11. The number of benzene rings is 2. The Bertz CT molecular complexity index is 1050. The van der Waals surface area contributed by atoms with Gasteiger partial charge in [-0.05, 0) is 41.1 Å². The Morgan fingerprint density at radius 3 is 1.27 bits per heavy atom. The van der Waals surface area contributed by atoms with E-state index in [-0.39, 0.29) is 0 Å². The second-order valence-corrected chi connectivity index (χ2v) is 7.61. The van der Waals surface area contributed by atoms with Crippen molar-refractivity contribution in [2.45, 2.75) is 6.42 Å². The molecular formula is C27H24N4O2. The predicted molar refractivity (Wildman–Crippen MR) is 133 cm³/mol. The fraction of sp³-hybridized carbons (Fsp3) is 0.111. The van der Waals surface area contributed by atoms with Gasteiger partial charge in [0.2, 0.25) is 0 Å². The lowest BCUT2D eigenvalue weighted by Crippen LogP contribution is -2.20. The summed E-state index contributed by atoms with van der Waals surface area (Å²) in [5.41, 5.74) is 4.09. The summed E-state index contributed by atoms with van der Waals surface area (Å²) < 4.78 is 0. The molecule has 0 bridgehead atoms. The first-order valence-electron chi connectivity index (χ1n) is 10.8. The van der Waals surface area contributed by atoms with E-state index in [1.165, 1.54) is 0 Å². The molecule has 0 fully saturated rings. The lowest BCUT2D eigenvalue weighted by molar-refractivity contribution is 0.420. The van der Waals surface area contributed by atoms with E-state index in [0.717, 1.165) is 41.8 Å². The van der Waals surface area contributed by atoms with Crippen LogP contribution >= 0.6 is 0 Å². The molecule has 0 radical (unpaired) electrons. The number of rotatable bonds is 8. The van der Waals surface area contributed by atoms with Gasteiger partial charge in [0.05, 0.1) is 0 Å². The van der Waals surface area contributed by atoms with Crippen molar-refractivity contribution in [3.05, 3.63) is 142 Å². The molecule has 0 amide bonds. The Morgan fingerprint density at radius 1 is 0.576 bits per heavy atom. The highest BCUT2D eigenvalue weighted by atomic mass is 16.3. The van der Waals surface area contributed by atoms with Gasteiger partial charge in [0.1, 0.15) is 11.4 Å². The molecule has 2 heterocycles. The molecule has 0 unspecified atom stereocenters. The third-order valence-electron chi connectivity index (χ3n) is 5.44. The Morgan fingerprint density at radius 2 is 0.939 bits per heavy atom. The minimum atomic E-state index is 0.440. The molecule has 2 aliphatic rings. The van der Waals surface area contributed by atoms with Crippen LogP contribution in [-0.4, -0.2) is 22.9 Å². The van der Waals surface area contributed by atoms with Crippen LogP contribution in [0.1, 0.15) is 17.5 Å². The predicted octanol–water partition coefficient (Wildman–Crippen LogP) is 6.42. The summed E-state index contributed by atoms with van der Waals surface area (Å²) in [6.07, 6.45) is 16.5. The van der Waals surface area contributed by atoms with Crippen molar-refractivity contribution in [1.29, 1.82) is 0 Å². The molecular weight excluding hydrogens is 412 g/mol. The van der Waals surface area contributed by atoms with Gasteiger partial charge in [-0.3, -0.25) is 0 Å². The second-order valence-electron chi connectivity index (χ2n) is 7.61. The van der Waals surface area contributed by atoms with E-state index in [1.54, 1.807) is 0 Å². The second kappa shape index (κ2) is 10.8. The van der Waals surface area contributed by atoms with Gasteiger partial charge in [0.15, 0.2) is 0 Å². The third kappa shape index (κ3) is 5.49. The van der Waals surface area contributed by atoms with Gasteiger partial charge < -0.3 is 9.80 Å². The molecule has 2 aromatic rings. The summed E-state index contributed by atoms with van der Waals surface area (Å²) >= 11 is 0. The fourth-order valence-electron chi connectivity index (χ4n) is 3.70. The molecule has 2 aliphatic heterocycles. The molecule has 33 heavy (non-hydrogen) atoms. The molecule has 0 saturated heterocycles. The summed E-state index contributed by atoms with van der Waals surface area (Å²) in [4.78, 5) is 26.9. The average Bonchev–Trinajstić information content (AvgIpc) is 2.88. The van der Waals surface area contributed by atoms with Crippen molar-refractivity contribution in [3.63, 3.8) is 0 Å². The van der Waals surface area contributed by atoms with Gasteiger partial charge in [-0.1, -0.05) is 60.7 Å². The van der Waals surface area contributed by atoms with Crippen LogP contribution in [0.15, 0.2) is 131 Å². The van der Waals surface area contributed by atoms with Crippen LogP contribution in [0.4, 0.5) is 0 Å². The van der Waals surface area contributed by atoms with E-state index in [9.17, 15) is 9.81 Å². The van der Waals surface area contributed by atoms with Crippen LogP contribution in [0, 0.1) is 9.81 Å². The van der Waals surface area contributed by atoms with Crippen LogP contribution in [-0.2, 0) is 0 Å². The number of nitrogens with zero attached hydrogens (tertiary/aromatic N) is 4. The van der Waals surface area contributed by atoms with E-state index in [1.807, 2.05) is 110 Å². The molecule has 2 aromatic carbocycles. The van der Waals surface area contributed by atoms with Crippen molar-refractivity contribution in [2.75, 3.05) is 13.1 Å². The fourth-order valence-corrected chi connectivity index (χ4v) is 3.70. The number of allylic oxidation sites excluding steroid dienone is 6. The molecule has 4 rings (SSSR count). The Hall–Kier alpha value is -4.32. The number of hydrogen-bond acceptors (Lipinski definition) is 6. The zero-order valence-corrected chi connectivity index (χ0v) is 18.1. The van der Waals surface area contributed by atoms with Crippen molar-refractivity contribution in [1.82, 2.24) is 9.80 Å². The van der Waals surface area contributed by atoms with Gasteiger partial charge in [-0.15, -0.1) is 9.81 Å². The lowest BCUT2D eigenvalue weighted by atomic mass is 10.1.